The van der Waals surface area contributed by atoms with E-state index in [-0.39, 0.29) is 0 Å². The summed E-state index contributed by atoms with van der Waals surface area (Å²) >= 11 is 3.53. The highest BCUT2D eigenvalue weighted by atomic mass is 79.9. The average Bonchev–Trinajstić information content (AvgIpc) is 2.47. The molecule has 2 rings (SSSR count). The highest BCUT2D eigenvalue weighted by Gasteiger charge is 2.07. The molecule has 0 fully saturated rings. The van der Waals surface area contributed by atoms with E-state index < -0.39 is 0 Å². The number of nitrogens with one attached hydrogen (secondary N) is 1. The summed E-state index contributed by atoms with van der Waals surface area (Å²) in [6, 6.07) is 8.50. The third-order valence-electron chi connectivity index (χ3n) is 3.34. The Morgan fingerprint density at radius 3 is 2.60 bits per heavy atom. The maximum Gasteiger partial charge on any atom is 0.145 e. The number of aryl methyl sites for hydroxylation is 1. The first-order valence-electron chi connectivity index (χ1n) is 6.88. The number of nitrogens with two attached hydrogens (primary N) is 1. The minimum atomic E-state index is 0.692. The van der Waals surface area contributed by atoms with Crippen LogP contribution in [0.5, 0.6) is 0 Å². The highest BCUT2D eigenvalue weighted by molar-refractivity contribution is 9.10. The number of hydrogen-bond acceptors (Lipinski definition) is 3. The van der Waals surface area contributed by atoms with Gasteiger partial charge in [0.15, 0.2) is 0 Å². The smallest absolute Gasteiger partial charge is 0.145 e. The van der Waals surface area contributed by atoms with Crippen molar-refractivity contribution in [3.63, 3.8) is 0 Å². The van der Waals surface area contributed by atoms with E-state index in [1.807, 2.05) is 6.92 Å². The molecular formula is C16H20BrN3. The molecule has 4 heteroatoms. The van der Waals surface area contributed by atoms with Crippen LogP contribution in [-0.2, 0) is 6.42 Å². The fraction of sp³-hybridized carbons (Fsp3) is 0.312. The Labute approximate surface area is 128 Å². The van der Waals surface area contributed by atoms with Crippen molar-refractivity contribution in [3.8, 4) is 0 Å². The Kier molecular flexibility index (Phi) is 5.01. The van der Waals surface area contributed by atoms with E-state index in [2.05, 4.69) is 57.4 Å². The predicted octanol–water partition coefficient (Wildman–Crippen LogP) is 4.82. The number of aromatic nitrogens is 1. The number of hydrogen-bond donors (Lipinski definition) is 2. The first kappa shape index (κ1) is 14.9. The van der Waals surface area contributed by atoms with E-state index in [0.717, 1.165) is 28.0 Å². The molecule has 1 heterocycles. The summed E-state index contributed by atoms with van der Waals surface area (Å²) < 4.78 is 0.910. The minimum Gasteiger partial charge on any atom is -0.397 e. The molecule has 3 nitrogen and oxygen atoms in total. The lowest BCUT2D eigenvalue weighted by Gasteiger charge is -2.11. The van der Waals surface area contributed by atoms with Gasteiger partial charge < -0.3 is 11.1 Å². The maximum atomic E-state index is 5.83. The Morgan fingerprint density at radius 2 is 1.95 bits per heavy atom. The van der Waals surface area contributed by atoms with Gasteiger partial charge in [-0.15, -0.1) is 0 Å². The number of anilines is 3. The van der Waals surface area contributed by atoms with Crippen LogP contribution in [0.4, 0.5) is 17.2 Å². The first-order valence-corrected chi connectivity index (χ1v) is 7.67. The molecule has 0 radical (unpaired) electrons. The van der Waals surface area contributed by atoms with E-state index in [4.69, 9.17) is 5.73 Å². The SMILES string of the molecule is CCCCc1ccc(Nc2ncc(N)c(C)c2Br)cc1. The molecule has 0 aliphatic carbocycles. The molecule has 0 unspecified atom stereocenters. The normalized spacial score (nSPS) is 10.6. The topological polar surface area (TPSA) is 50.9 Å². The summed E-state index contributed by atoms with van der Waals surface area (Å²) in [4.78, 5) is 4.32. The minimum absolute atomic E-state index is 0.692. The molecule has 0 atom stereocenters. The van der Waals surface area contributed by atoms with Crippen LogP contribution in [0.3, 0.4) is 0 Å². The van der Waals surface area contributed by atoms with Crippen LogP contribution in [0.2, 0.25) is 0 Å². The van der Waals surface area contributed by atoms with Crippen molar-refractivity contribution in [2.45, 2.75) is 33.1 Å². The van der Waals surface area contributed by atoms with Gasteiger partial charge in [-0.3, -0.25) is 0 Å². The second-order valence-electron chi connectivity index (χ2n) is 4.93. The van der Waals surface area contributed by atoms with E-state index >= 15 is 0 Å². The maximum absolute atomic E-state index is 5.83. The van der Waals surface area contributed by atoms with E-state index in [1.54, 1.807) is 6.20 Å². The monoisotopic (exact) mass is 333 g/mol. The van der Waals surface area contributed by atoms with E-state index in [0.29, 0.717) is 5.69 Å². The molecular weight excluding hydrogens is 314 g/mol. The number of halogens is 1. The fourth-order valence-electron chi connectivity index (χ4n) is 1.95. The van der Waals surface area contributed by atoms with Crippen molar-refractivity contribution in [1.82, 2.24) is 4.98 Å². The molecule has 1 aromatic heterocycles. The highest BCUT2D eigenvalue weighted by Crippen LogP contribution is 2.29. The summed E-state index contributed by atoms with van der Waals surface area (Å²) in [5.74, 6) is 0.790. The zero-order valence-corrected chi connectivity index (χ0v) is 13.5. The number of pyridine rings is 1. The summed E-state index contributed by atoms with van der Waals surface area (Å²) in [5, 5.41) is 3.31. The van der Waals surface area contributed by atoms with Gasteiger partial charge in [0.05, 0.1) is 16.4 Å². The lowest BCUT2D eigenvalue weighted by Crippen LogP contribution is -1.99. The summed E-state index contributed by atoms with van der Waals surface area (Å²) in [6.45, 7) is 4.18. The average molecular weight is 334 g/mol. The van der Waals surface area contributed by atoms with Crippen molar-refractivity contribution in [1.29, 1.82) is 0 Å². The van der Waals surface area contributed by atoms with Gasteiger partial charge in [-0.25, -0.2) is 4.98 Å². The second kappa shape index (κ2) is 6.75. The number of benzene rings is 1. The van der Waals surface area contributed by atoms with Crippen molar-refractivity contribution < 1.29 is 0 Å². The Balaban J connectivity index is 2.12. The van der Waals surface area contributed by atoms with Crippen LogP contribution in [0, 0.1) is 6.92 Å². The number of rotatable bonds is 5. The molecule has 0 saturated heterocycles. The molecule has 0 amide bonds. The largest absolute Gasteiger partial charge is 0.397 e. The molecule has 0 spiro atoms. The quantitative estimate of drug-likeness (QED) is 0.824. The molecule has 0 saturated carbocycles. The standard InChI is InChI=1S/C16H20BrN3/c1-3-4-5-12-6-8-13(9-7-12)20-16-15(17)11(2)14(18)10-19-16/h6-10H,3-5,18H2,1-2H3,(H,19,20). The van der Waals surface area contributed by atoms with Crippen LogP contribution < -0.4 is 11.1 Å². The van der Waals surface area contributed by atoms with Gasteiger partial charge in [0.2, 0.25) is 0 Å². The van der Waals surface area contributed by atoms with Gasteiger partial charge in [0.25, 0.3) is 0 Å². The van der Waals surface area contributed by atoms with Crippen molar-refractivity contribution in [3.05, 3.63) is 46.1 Å². The molecule has 2 aromatic rings. The fourth-order valence-corrected chi connectivity index (χ4v) is 2.38. The Bertz CT molecular complexity index is 579. The lowest BCUT2D eigenvalue weighted by molar-refractivity contribution is 0.795. The summed E-state index contributed by atoms with van der Waals surface area (Å²) in [7, 11) is 0. The van der Waals surface area contributed by atoms with Gasteiger partial charge in [0, 0.05) is 5.69 Å². The third-order valence-corrected chi connectivity index (χ3v) is 4.31. The van der Waals surface area contributed by atoms with Gasteiger partial charge in [-0.2, -0.15) is 0 Å². The Hall–Kier alpha value is -1.55. The van der Waals surface area contributed by atoms with Gasteiger partial charge in [-0.1, -0.05) is 25.5 Å². The second-order valence-corrected chi connectivity index (χ2v) is 5.72. The van der Waals surface area contributed by atoms with Crippen LogP contribution in [0.25, 0.3) is 0 Å². The zero-order chi connectivity index (χ0) is 14.5. The van der Waals surface area contributed by atoms with Crippen LogP contribution >= 0.6 is 15.9 Å². The van der Waals surface area contributed by atoms with Crippen molar-refractivity contribution in [2.24, 2.45) is 0 Å². The van der Waals surface area contributed by atoms with Gasteiger partial charge in [-0.05, 0) is 59.0 Å². The van der Waals surface area contributed by atoms with Gasteiger partial charge in [0.1, 0.15) is 5.82 Å². The third kappa shape index (κ3) is 3.51. The predicted molar refractivity (Wildman–Crippen MR) is 89.4 cm³/mol. The van der Waals surface area contributed by atoms with Crippen molar-refractivity contribution in [2.75, 3.05) is 11.1 Å². The van der Waals surface area contributed by atoms with Crippen LogP contribution in [-0.4, -0.2) is 4.98 Å². The van der Waals surface area contributed by atoms with Crippen LogP contribution in [0.15, 0.2) is 34.9 Å². The molecule has 3 N–H and O–H groups in total. The molecule has 0 aliphatic rings. The Morgan fingerprint density at radius 1 is 1.25 bits per heavy atom. The lowest BCUT2D eigenvalue weighted by atomic mass is 10.1. The van der Waals surface area contributed by atoms with E-state index in [9.17, 15) is 0 Å². The summed E-state index contributed by atoms with van der Waals surface area (Å²) in [6.07, 6.45) is 5.27. The number of nitrogen functional groups attached to an aromatic ring is 1. The number of nitrogens with zero attached hydrogens (tertiary/aromatic N) is 1. The molecule has 0 bridgehead atoms. The summed E-state index contributed by atoms with van der Waals surface area (Å²) in [5.41, 5.74) is 9.93. The van der Waals surface area contributed by atoms with Gasteiger partial charge >= 0.3 is 0 Å². The number of unbranched alkanes of at least 4 members (excludes halogenated alkanes) is 1. The first-order chi connectivity index (χ1) is 9.61. The van der Waals surface area contributed by atoms with E-state index in [1.165, 1.54) is 18.4 Å². The molecule has 106 valence electrons. The van der Waals surface area contributed by atoms with Crippen LogP contribution in [0.1, 0.15) is 30.9 Å². The zero-order valence-electron chi connectivity index (χ0n) is 11.9. The molecule has 20 heavy (non-hydrogen) atoms. The van der Waals surface area contributed by atoms with Crippen molar-refractivity contribution >= 4 is 33.1 Å². The molecule has 0 aliphatic heterocycles. The molecule has 1 aromatic carbocycles.